The third-order valence-corrected chi connectivity index (χ3v) is 5.35. The van der Waals surface area contributed by atoms with Crippen LogP contribution >= 0.6 is 11.3 Å². The molecular weight excluding hydrogens is 286 g/mol. The van der Waals surface area contributed by atoms with Crippen LogP contribution < -0.4 is 5.73 Å². The molecule has 3 rings (SSSR count). The summed E-state index contributed by atoms with van der Waals surface area (Å²) in [5.74, 6) is 0.477. The number of fused-ring (bicyclic) bond motifs is 1. The van der Waals surface area contributed by atoms with Gasteiger partial charge in [0.2, 0.25) is 0 Å². The van der Waals surface area contributed by atoms with Crippen molar-refractivity contribution in [3.63, 3.8) is 0 Å². The van der Waals surface area contributed by atoms with E-state index in [-0.39, 0.29) is 12.0 Å². The second-order valence-corrected chi connectivity index (χ2v) is 6.56. The average Bonchev–Trinajstić information content (AvgIpc) is 2.85. The maximum atomic E-state index is 12.7. The number of rotatable bonds is 2. The van der Waals surface area contributed by atoms with Crippen molar-refractivity contribution < 1.29 is 9.53 Å². The van der Waals surface area contributed by atoms with Crippen molar-refractivity contribution in [2.75, 3.05) is 25.9 Å². The molecule has 2 N–H and O–H groups in total. The van der Waals surface area contributed by atoms with E-state index in [0.29, 0.717) is 23.0 Å². The van der Waals surface area contributed by atoms with Gasteiger partial charge in [-0.1, -0.05) is 6.92 Å². The number of anilines is 1. The highest BCUT2D eigenvalue weighted by atomic mass is 32.1. The number of nitrogens with two attached hydrogens (primary N) is 1. The Balaban J connectivity index is 1.88. The SMILES string of the molecule is COC1CN(C(=O)c2sc3cnccc3c2N)CCC1C. The van der Waals surface area contributed by atoms with Crippen LogP contribution in [0.2, 0.25) is 0 Å². The van der Waals surface area contributed by atoms with Gasteiger partial charge in [-0.15, -0.1) is 11.3 Å². The number of thiophene rings is 1. The van der Waals surface area contributed by atoms with Gasteiger partial charge in [0.05, 0.1) is 16.5 Å². The van der Waals surface area contributed by atoms with Crippen molar-refractivity contribution in [1.29, 1.82) is 0 Å². The lowest BCUT2D eigenvalue weighted by Gasteiger charge is -2.36. The van der Waals surface area contributed by atoms with E-state index < -0.39 is 0 Å². The Morgan fingerprint density at radius 2 is 2.38 bits per heavy atom. The highest BCUT2D eigenvalue weighted by Crippen LogP contribution is 2.34. The number of hydrogen-bond donors (Lipinski definition) is 1. The maximum absolute atomic E-state index is 12.7. The molecule has 0 saturated carbocycles. The number of ether oxygens (including phenoxy) is 1. The molecule has 1 fully saturated rings. The number of pyridine rings is 1. The Bertz CT molecular complexity index is 670. The summed E-state index contributed by atoms with van der Waals surface area (Å²) in [5.41, 5.74) is 6.71. The minimum atomic E-state index is 0.00245. The molecule has 1 aliphatic heterocycles. The zero-order valence-electron chi connectivity index (χ0n) is 12.2. The molecule has 1 amide bonds. The highest BCUT2D eigenvalue weighted by Gasteiger charge is 2.31. The van der Waals surface area contributed by atoms with E-state index in [0.717, 1.165) is 23.1 Å². The number of methoxy groups -OCH3 is 1. The van der Waals surface area contributed by atoms with Gasteiger partial charge in [0, 0.05) is 38.0 Å². The summed E-state index contributed by atoms with van der Waals surface area (Å²) in [4.78, 5) is 19.3. The number of aromatic nitrogens is 1. The van der Waals surface area contributed by atoms with E-state index in [4.69, 9.17) is 10.5 Å². The maximum Gasteiger partial charge on any atom is 0.266 e. The average molecular weight is 305 g/mol. The first-order valence-corrected chi connectivity index (χ1v) is 7.87. The van der Waals surface area contributed by atoms with Crippen LogP contribution in [-0.4, -0.2) is 42.1 Å². The molecule has 0 aromatic carbocycles. The van der Waals surface area contributed by atoms with Gasteiger partial charge >= 0.3 is 0 Å². The minimum Gasteiger partial charge on any atom is -0.397 e. The second kappa shape index (κ2) is 5.61. The lowest BCUT2D eigenvalue weighted by molar-refractivity contribution is -0.00135. The summed E-state index contributed by atoms with van der Waals surface area (Å²) >= 11 is 1.42. The van der Waals surface area contributed by atoms with Gasteiger partial charge in [-0.3, -0.25) is 9.78 Å². The van der Waals surface area contributed by atoms with Crippen molar-refractivity contribution in [1.82, 2.24) is 9.88 Å². The van der Waals surface area contributed by atoms with Gasteiger partial charge in [0.1, 0.15) is 4.88 Å². The fraction of sp³-hybridized carbons (Fsp3) is 0.467. The normalized spacial score (nSPS) is 22.7. The highest BCUT2D eigenvalue weighted by molar-refractivity contribution is 7.21. The molecule has 0 radical (unpaired) electrons. The van der Waals surface area contributed by atoms with Gasteiger partial charge in [-0.05, 0) is 18.4 Å². The fourth-order valence-corrected chi connectivity index (χ4v) is 3.86. The van der Waals surface area contributed by atoms with Crippen molar-refractivity contribution in [2.45, 2.75) is 19.4 Å². The van der Waals surface area contributed by atoms with Gasteiger partial charge in [0.25, 0.3) is 5.91 Å². The van der Waals surface area contributed by atoms with Crippen LogP contribution in [0.4, 0.5) is 5.69 Å². The van der Waals surface area contributed by atoms with E-state index in [1.165, 1.54) is 11.3 Å². The zero-order chi connectivity index (χ0) is 15.0. The van der Waals surface area contributed by atoms with Crippen LogP contribution in [-0.2, 0) is 4.74 Å². The number of piperidine rings is 1. The van der Waals surface area contributed by atoms with Crippen LogP contribution in [0.3, 0.4) is 0 Å². The summed E-state index contributed by atoms with van der Waals surface area (Å²) in [7, 11) is 1.70. The minimum absolute atomic E-state index is 0.00245. The first-order chi connectivity index (χ1) is 10.1. The third kappa shape index (κ3) is 2.49. The zero-order valence-corrected chi connectivity index (χ0v) is 13.0. The van der Waals surface area contributed by atoms with E-state index in [9.17, 15) is 4.79 Å². The molecule has 5 nitrogen and oxygen atoms in total. The quantitative estimate of drug-likeness (QED) is 0.925. The summed E-state index contributed by atoms with van der Waals surface area (Å²) in [5, 5.41) is 0.909. The Morgan fingerprint density at radius 1 is 1.57 bits per heavy atom. The summed E-state index contributed by atoms with van der Waals surface area (Å²) in [6.45, 7) is 3.55. The fourth-order valence-electron chi connectivity index (χ4n) is 2.80. The number of nitrogens with zero attached hydrogens (tertiary/aromatic N) is 2. The van der Waals surface area contributed by atoms with Crippen molar-refractivity contribution in [2.24, 2.45) is 5.92 Å². The lowest BCUT2D eigenvalue weighted by Crippen LogP contribution is -2.46. The number of hydrogen-bond acceptors (Lipinski definition) is 5. The smallest absolute Gasteiger partial charge is 0.266 e. The van der Waals surface area contributed by atoms with E-state index in [1.54, 1.807) is 19.5 Å². The number of amides is 1. The second-order valence-electron chi connectivity index (χ2n) is 5.51. The first kappa shape index (κ1) is 14.3. The molecule has 0 spiro atoms. The Morgan fingerprint density at radius 3 is 3.10 bits per heavy atom. The molecule has 6 heteroatoms. The van der Waals surface area contributed by atoms with E-state index >= 15 is 0 Å². The summed E-state index contributed by atoms with van der Waals surface area (Å²) in [6, 6.07) is 1.86. The van der Waals surface area contributed by atoms with Crippen molar-refractivity contribution in [3.05, 3.63) is 23.3 Å². The van der Waals surface area contributed by atoms with Crippen LogP contribution in [0.5, 0.6) is 0 Å². The predicted molar refractivity (Wildman–Crippen MR) is 84.5 cm³/mol. The number of nitrogen functional groups attached to an aromatic ring is 1. The molecule has 112 valence electrons. The van der Waals surface area contributed by atoms with Gasteiger partial charge in [-0.25, -0.2) is 0 Å². The molecule has 2 aromatic rings. The monoisotopic (exact) mass is 305 g/mol. The predicted octanol–water partition coefficient (Wildman–Crippen LogP) is 2.38. The Hall–Kier alpha value is -1.66. The molecule has 1 saturated heterocycles. The number of carbonyl (C=O) groups excluding carboxylic acids is 1. The molecule has 21 heavy (non-hydrogen) atoms. The van der Waals surface area contributed by atoms with Crippen LogP contribution in [0, 0.1) is 5.92 Å². The molecule has 2 atom stereocenters. The summed E-state index contributed by atoms with van der Waals surface area (Å²) in [6.07, 6.45) is 4.50. The number of carbonyl (C=O) groups is 1. The summed E-state index contributed by atoms with van der Waals surface area (Å²) < 4.78 is 6.43. The van der Waals surface area contributed by atoms with E-state index in [2.05, 4.69) is 11.9 Å². The molecule has 0 bridgehead atoms. The first-order valence-electron chi connectivity index (χ1n) is 7.06. The molecule has 0 aliphatic carbocycles. The van der Waals surface area contributed by atoms with Gasteiger partial charge in [0.15, 0.2) is 0 Å². The molecule has 3 heterocycles. The van der Waals surface area contributed by atoms with Gasteiger partial charge in [-0.2, -0.15) is 0 Å². The topological polar surface area (TPSA) is 68.5 Å². The largest absolute Gasteiger partial charge is 0.397 e. The molecule has 1 aliphatic rings. The number of likely N-dealkylation sites (tertiary alicyclic amines) is 1. The third-order valence-electron chi connectivity index (χ3n) is 4.20. The molecule has 2 unspecified atom stereocenters. The Labute approximate surface area is 127 Å². The molecular formula is C15H19N3O2S. The standard InChI is InChI=1S/C15H19N3O2S/c1-9-4-6-18(8-11(9)20-2)15(19)14-13(16)10-3-5-17-7-12(10)21-14/h3,5,7,9,11H,4,6,8,16H2,1-2H3. The van der Waals surface area contributed by atoms with Crippen molar-refractivity contribution in [3.8, 4) is 0 Å². The van der Waals surface area contributed by atoms with Crippen molar-refractivity contribution >= 4 is 33.0 Å². The van der Waals surface area contributed by atoms with Crippen LogP contribution in [0.25, 0.3) is 10.1 Å². The Kier molecular flexibility index (Phi) is 3.82. The lowest BCUT2D eigenvalue weighted by atomic mass is 9.95. The van der Waals surface area contributed by atoms with Crippen LogP contribution in [0.1, 0.15) is 23.0 Å². The molecule has 2 aromatic heterocycles. The van der Waals surface area contributed by atoms with Gasteiger partial charge < -0.3 is 15.4 Å². The van der Waals surface area contributed by atoms with Crippen LogP contribution in [0.15, 0.2) is 18.5 Å². The van der Waals surface area contributed by atoms with E-state index in [1.807, 2.05) is 11.0 Å².